The molecule has 0 atom stereocenters. The number of carbonyl (C=O) groups excluding carboxylic acids is 2. The van der Waals surface area contributed by atoms with Gasteiger partial charge in [0.25, 0.3) is 0 Å². The lowest BCUT2D eigenvalue weighted by Crippen LogP contribution is -2.16. The predicted octanol–water partition coefficient (Wildman–Crippen LogP) is 4.59. The van der Waals surface area contributed by atoms with Gasteiger partial charge in [0.2, 0.25) is 11.8 Å². The molecule has 2 amide bonds. The summed E-state index contributed by atoms with van der Waals surface area (Å²) in [4.78, 5) is 23.7. The number of nitrogens with zero attached hydrogens (tertiary/aromatic N) is 1. The highest BCUT2D eigenvalue weighted by Crippen LogP contribution is 2.25. The standard InChI is InChI=1S/C22H26BrN3O4/c1-30-20-13-12-16(14-17(20)23)15-24-26-22(29)11-5-3-2-4-10-21(28)25-18-8-6-7-9-19(18)27/h6-9,12-15,27H,2-5,10-11H2,1H3,(H,25,28)(H,26,29)/b24-15+. The first-order chi connectivity index (χ1) is 14.5. The average molecular weight is 476 g/mol. The van der Waals surface area contributed by atoms with Crippen molar-refractivity contribution in [2.45, 2.75) is 38.5 Å². The molecule has 0 radical (unpaired) electrons. The first-order valence-corrected chi connectivity index (χ1v) is 10.5. The first kappa shape index (κ1) is 23.4. The predicted molar refractivity (Wildman–Crippen MR) is 121 cm³/mol. The summed E-state index contributed by atoms with van der Waals surface area (Å²) >= 11 is 3.40. The highest BCUT2D eigenvalue weighted by molar-refractivity contribution is 9.10. The van der Waals surface area contributed by atoms with Crippen molar-refractivity contribution in [3.63, 3.8) is 0 Å². The third-order valence-electron chi connectivity index (χ3n) is 4.31. The number of halogens is 1. The number of benzene rings is 2. The van der Waals surface area contributed by atoms with Gasteiger partial charge in [0.05, 0.1) is 23.5 Å². The SMILES string of the molecule is COc1ccc(/C=N/NC(=O)CCCCCCC(=O)Nc2ccccc2O)cc1Br. The van der Waals surface area contributed by atoms with E-state index in [2.05, 4.69) is 31.8 Å². The van der Waals surface area contributed by atoms with Crippen LogP contribution in [0.3, 0.4) is 0 Å². The van der Waals surface area contributed by atoms with Crippen molar-refractivity contribution in [3.05, 3.63) is 52.5 Å². The highest BCUT2D eigenvalue weighted by atomic mass is 79.9. The molecule has 8 heteroatoms. The summed E-state index contributed by atoms with van der Waals surface area (Å²) in [5.74, 6) is 0.510. The second kappa shape index (κ2) is 12.6. The molecule has 0 unspecified atom stereocenters. The van der Waals surface area contributed by atoms with E-state index >= 15 is 0 Å². The monoisotopic (exact) mass is 475 g/mol. The molecule has 0 saturated heterocycles. The van der Waals surface area contributed by atoms with Gasteiger partial charge in [-0.2, -0.15) is 5.10 Å². The number of hydrogen-bond donors (Lipinski definition) is 3. The second-order valence-electron chi connectivity index (χ2n) is 6.67. The molecule has 30 heavy (non-hydrogen) atoms. The molecule has 0 heterocycles. The van der Waals surface area contributed by atoms with E-state index in [9.17, 15) is 14.7 Å². The number of aromatic hydroxyl groups is 1. The van der Waals surface area contributed by atoms with Crippen LogP contribution < -0.4 is 15.5 Å². The lowest BCUT2D eigenvalue weighted by molar-refractivity contribution is -0.121. The number of hydrogen-bond acceptors (Lipinski definition) is 5. The van der Waals surface area contributed by atoms with Crippen LogP contribution in [0.1, 0.15) is 44.1 Å². The molecule has 0 aliphatic rings. The minimum atomic E-state index is -0.142. The Morgan fingerprint density at radius 1 is 1.07 bits per heavy atom. The Balaban J connectivity index is 1.56. The molecule has 0 bridgehead atoms. The number of amides is 2. The van der Waals surface area contributed by atoms with E-state index in [-0.39, 0.29) is 17.6 Å². The van der Waals surface area contributed by atoms with Crippen molar-refractivity contribution in [1.29, 1.82) is 0 Å². The molecule has 160 valence electrons. The Hall–Kier alpha value is -2.87. The molecular weight excluding hydrogens is 450 g/mol. The van der Waals surface area contributed by atoms with Crippen LogP contribution in [0.4, 0.5) is 5.69 Å². The average Bonchev–Trinajstić information content (AvgIpc) is 2.72. The van der Waals surface area contributed by atoms with E-state index in [1.54, 1.807) is 31.5 Å². The lowest BCUT2D eigenvalue weighted by Gasteiger charge is -2.06. The van der Waals surface area contributed by atoms with Gasteiger partial charge < -0.3 is 15.2 Å². The number of ether oxygens (including phenoxy) is 1. The van der Waals surface area contributed by atoms with Gasteiger partial charge in [-0.3, -0.25) is 9.59 Å². The largest absolute Gasteiger partial charge is 0.506 e. The van der Waals surface area contributed by atoms with Gasteiger partial charge in [0.1, 0.15) is 11.5 Å². The first-order valence-electron chi connectivity index (χ1n) is 9.73. The molecule has 0 saturated carbocycles. The van der Waals surface area contributed by atoms with Gasteiger partial charge in [-0.15, -0.1) is 0 Å². The molecule has 2 aromatic carbocycles. The van der Waals surface area contributed by atoms with E-state index < -0.39 is 0 Å². The Morgan fingerprint density at radius 2 is 1.77 bits per heavy atom. The van der Waals surface area contributed by atoms with Crippen LogP contribution in [0.25, 0.3) is 0 Å². The summed E-state index contributed by atoms with van der Waals surface area (Å²) < 4.78 is 5.98. The number of rotatable bonds is 11. The molecular formula is C22H26BrN3O4. The van der Waals surface area contributed by atoms with Crippen molar-refractivity contribution >= 4 is 39.6 Å². The van der Waals surface area contributed by atoms with E-state index in [0.717, 1.165) is 41.5 Å². The summed E-state index contributed by atoms with van der Waals surface area (Å²) in [7, 11) is 1.60. The second-order valence-corrected chi connectivity index (χ2v) is 7.52. The van der Waals surface area contributed by atoms with Crippen molar-refractivity contribution in [1.82, 2.24) is 5.43 Å². The maximum Gasteiger partial charge on any atom is 0.240 e. The van der Waals surface area contributed by atoms with Crippen molar-refractivity contribution < 1.29 is 19.4 Å². The number of para-hydroxylation sites is 2. The minimum absolute atomic E-state index is 0.0548. The van der Waals surface area contributed by atoms with Crippen LogP contribution in [0.5, 0.6) is 11.5 Å². The molecule has 0 spiro atoms. The van der Waals surface area contributed by atoms with Crippen molar-refractivity contribution in [2.24, 2.45) is 5.10 Å². The fourth-order valence-corrected chi connectivity index (χ4v) is 3.27. The Kier molecular flexibility index (Phi) is 9.86. The zero-order chi connectivity index (χ0) is 21.8. The Labute approximate surface area is 184 Å². The van der Waals surface area contributed by atoms with Gasteiger partial charge in [0, 0.05) is 12.8 Å². The highest BCUT2D eigenvalue weighted by Gasteiger charge is 2.06. The molecule has 3 N–H and O–H groups in total. The molecule has 0 aliphatic heterocycles. The van der Waals surface area contributed by atoms with E-state index in [0.29, 0.717) is 18.5 Å². The number of phenols is 1. The summed E-state index contributed by atoms with van der Waals surface area (Å²) in [6.07, 6.45) is 5.50. The van der Waals surface area contributed by atoms with Crippen LogP contribution in [-0.4, -0.2) is 30.2 Å². The van der Waals surface area contributed by atoms with E-state index in [1.165, 1.54) is 6.07 Å². The third kappa shape index (κ3) is 8.24. The lowest BCUT2D eigenvalue weighted by atomic mass is 10.1. The van der Waals surface area contributed by atoms with Crippen molar-refractivity contribution in [3.8, 4) is 11.5 Å². The molecule has 2 rings (SSSR count). The van der Waals surface area contributed by atoms with Gasteiger partial charge in [-0.05, 0) is 64.7 Å². The number of hydrazone groups is 1. The zero-order valence-corrected chi connectivity index (χ0v) is 18.4. The maximum absolute atomic E-state index is 11.9. The molecule has 0 fully saturated rings. The van der Waals surface area contributed by atoms with Gasteiger partial charge in [-0.1, -0.05) is 25.0 Å². The van der Waals surface area contributed by atoms with Gasteiger partial charge in [0.15, 0.2) is 0 Å². The smallest absolute Gasteiger partial charge is 0.240 e. The fraction of sp³-hybridized carbons (Fsp3) is 0.318. The molecule has 2 aromatic rings. The molecule has 0 aromatic heterocycles. The van der Waals surface area contributed by atoms with E-state index in [4.69, 9.17) is 4.74 Å². The number of anilines is 1. The summed E-state index contributed by atoms with van der Waals surface area (Å²) in [5.41, 5.74) is 3.77. The fourth-order valence-electron chi connectivity index (χ4n) is 2.71. The summed E-state index contributed by atoms with van der Waals surface area (Å²) in [6.45, 7) is 0. The van der Waals surface area contributed by atoms with Crippen LogP contribution in [0, 0.1) is 0 Å². The molecule has 7 nitrogen and oxygen atoms in total. The summed E-state index contributed by atoms with van der Waals surface area (Å²) in [5, 5.41) is 16.3. The van der Waals surface area contributed by atoms with Gasteiger partial charge in [-0.25, -0.2) is 5.43 Å². The number of unbranched alkanes of at least 4 members (excludes halogenated alkanes) is 3. The maximum atomic E-state index is 11.9. The number of methoxy groups -OCH3 is 1. The van der Waals surface area contributed by atoms with Crippen LogP contribution in [-0.2, 0) is 9.59 Å². The number of nitrogens with one attached hydrogen (secondary N) is 2. The quantitative estimate of drug-likeness (QED) is 0.191. The normalized spacial score (nSPS) is 10.7. The topological polar surface area (TPSA) is 100 Å². The Bertz CT molecular complexity index is 886. The minimum Gasteiger partial charge on any atom is -0.506 e. The van der Waals surface area contributed by atoms with Crippen LogP contribution >= 0.6 is 15.9 Å². The molecule has 0 aliphatic carbocycles. The van der Waals surface area contributed by atoms with Crippen LogP contribution in [0.2, 0.25) is 0 Å². The number of carbonyl (C=O) groups is 2. The number of phenolic OH excluding ortho intramolecular Hbond substituents is 1. The van der Waals surface area contributed by atoms with E-state index in [1.807, 2.05) is 18.2 Å². The van der Waals surface area contributed by atoms with Crippen molar-refractivity contribution in [2.75, 3.05) is 12.4 Å². The Morgan fingerprint density at radius 3 is 2.43 bits per heavy atom. The van der Waals surface area contributed by atoms with Gasteiger partial charge >= 0.3 is 0 Å². The zero-order valence-electron chi connectivity index (χ0n) is 16.9. The summed E-state index contributed by atoms with van der Waals surface area (Å²) in [6, 6.07) is 12.1. The van der Waals surface area contributed by atoms with Crippen LogP contribution in [0.15, 0.2) is 52.0 Å². The third-order valence-corrected chi connectivity index (χ3v) is 4.93.